The smallest absolute Gasteiger partial charge is 0.288 e. The Kier molecular flexibility index (Phi) is 7.28. The van der Waals surface area contributed by atoms with Crippen LogP contribution in [0.3, 0.4) is 0 Å². The van der Waals surface area contributed by atoms with E-state index in [9.17, 15) is 9.59 Å². The van der Waals surface area contributed by atoms with Crippen molar-refractivity contribution >= 4 is 22.6 Å². The first kappa shape index (κ1) is 25.3. The molecular formula is C29H32N6O3. The van der Waals surface area contributed by atoms with Crippen LogP contribution in [0.4, 0.5) is 5.82 Å². The van der Waals surface area contributed by atoms with Gasteiger partial charge in [0.25, 0.3) is 5.56 Å². The molecule has 3 heterocycles. The first-order valence-corrected chi connectivity index (χ1v) is 12.7. The largest absolute Gasteiger partial charge is 0.457 e. The Bertz CT molecular complexity index is 1510. The Morgan fingerprint density at radius 1 is 1.16 bits per heavy atom. The van der Waals surface area contributed by atoms with Crippen LogP contribution in [-0.4, -0.2) is 64.2 Å². The van der Waals surface area contributed by atoms with Crippen molar-refractivity contribution in [1.82, 2.24) is 24.6 Å². The SMILES string of the molecule is CN(C)C/C=C/C(=O)N1CCC[C@@H](n2cc(-c3ccc(Oc4ccccc4)cc3)c3c(N)n[nH]c(=O)c32)C1. The fourth-order valence-electron chi connectivity index (χ4n) is 4.92. The quantitative estimate of drug-likeness (QED) is 0.362. The fraction of sp³-hybridized carbons (Fsp3) is 0.276. The van der Waals surface area contributed by atoms with Crippen molar-refractivity contribution in [3.63, 3.8) is 0 Å². The second kappa shape index (κ2) is 10.9. The highest BCUT2D eigenvalue weighted by atomic mass is 16.5. The van der Waals surface area contributed by atoms with Gasteiger partial charge in [0.05, 0.1) is 11.4 Å². The molecule has 2 aromatic carbocycles. The molecule has 9 heteroatoms. The third kappa shape index (κ3) is 5.33. The van der Waals surface area contributed by atoms with Gasteiger partial charge in [-0.25, -0.2) is 5.10 Å². The number of H-pyrrole nitrogens is 1. The number of aromatic amines is 1. The van der Waals surface area contributed by atoms with Crippen LogP contribution >= 0.6 is 0 Å². The van der Waals surface area contributed by atoms with E-state index in [-0.39, 0.29) is 23.3 Å². The van der Waals surface area contributed by atoms with Crippen molar-refractivity contribution < 1.29 is 9.53 Å². The van der Waals surface area contributed by atoms with Crippen LogP contribution in [-0.2, 0) is 4.79 Å². The van der Waals surface area contributed by atoms with Crippen LogP contribution in [0.5, 0.6) is 11.5 Å². The number of ether oxygens (including phenoxy) is 1. The fourth-order valence-corrected chi connectivity index (χ4v) is 4.92. The van der Waals surface area contributed by atoms with Gasteiger partial charge in [-0.2, -0.15) is 5.10 Å². The Hall–Kier alpha value is -4.37. The maximum absolute atomic E-state index is 13.0. The van der Waals surface area contributed by atoms with Crippen molar-refractivity contribution in [1.29, 1.82) is 0 Å². The summed E-state index contributed by atoms with van der Waals surface area (Å²) < 4.78 is 7.90. The molecular weight excluding hydrogens is 480 g/mol. The lowest BCUT2D eigenvalue weighted by atomic mass is 10.1. The van der Waals surface area contributed by atoms with Crippen molar-refractivity contribution in [3.05, 3.63) is 83.3 Å². The number of nitrogens with one attached hydrogen (secondary N) is 1. The van der Waals surface area contributed by atoms with E-state index in [2.05, 4.69) is 10.2 Å². The molecule has 3 N–H and O–H groups in total. The summed E-state index contributed by atoms with van der Waals surface area (Å²) in [5, 5.41) is 7.18. The second-order valence-corrected chi connectivity index (χ2v) is 9.80. The van der Waals surface area contributed by atoms with Crippen molar-refractivity contribution in [2.45, 2.75) is 18.9 Å². The third-order valence-electron chi connectivity index (χ3n) is 6.76. The zero-order valence-corrected chi connectivity index (χ0v) is 21.6. The number of piperidine rings is 1. The lowest BCUT2D eigenvalue weighted by Gasteiger charge is -2.33. The Labute approximate surface area is 221 Å². The minimum absolute atomic E-state index is 0.0164. The summed E-state index contributed by atoms with van der Waals surface area (Å²) in [6, 6.07) is 17.2. The number of para-hydroxylation sites is 1. The van der Waals surface area contributed by atoms with Crippen LogP contribution in [0.1, 0.15) is 18.9 Å². The molecule has 0 radical (unpaired) electrons. The van der Waals surface area contributed by atoms with E-state index in [1.807, 2.05) is 95.3 Å². The summed E-state index contributed by atoms with van der Waals surface area (Å²) in [4.78, 5) is 29.7. The van der Waals surface area contributed by atoms with Crippen LogP contribution in [0.15, 0.2) is 77.7 Å². The Morgan fingerprint density at radius 2 is 1.89 bits per heavy atom. The molecule has 38 heavy (non-hydrogen) atoms. The maximum atomic E-state index is 13.0. The second-order valence-electron chi connectivity index (χ2n) is 9.80. The monoisotopic (exact) mass is 512 g/mol. The molecule has 1 atom stereocenters. The number of benzene rings is 2. The van der Waals surface area contributed by atoms with E-state index in [1.165, 1.54) is 0 Å². The molecule has 5 rings (SSSR count). The highest BCUT2D eigenvalue weighted by molar-refractivity contribution is 6.02. The van der Waals surface area contributed by atoms with Crippen molar-refractivity contribution in [2.24, 2.45) is 0 Å². The van der Waals surface area contributed by atoms with E-state index >= 15 is 0 Å². The molecule has 2 aromatic heterocycles. The number of carbonyl (C=O) groups excluding carboxylic acids is 1. The summed E-state index contributed by atoms with van der Waals surface area (Å²) in [6.45, 7) is 1.90. The number of fused-ring (bicyclic) bond motifs is 1. The van der Waals surface area contributed by atoms with Gasteiger partial charge in [-0.3, -0.25) is 9.59 Å². The van der Waals surface area contributed by atoms with Crippen molar-refractivity contribution in [3.8, 4) is 22.6 Å². The average molecular weight is 513 g/mol. The van der Waals surface area contributed by atoms with Crippen LogP contribution in [0, 0.1) is 0 Å². The van der Waals surface area contributed by atoms with Crippen LogP contribution in [0.25, 0.3) is 22.0 Å². The first-order valence-electron chi connectivity index (χ1n) is 12.7. The number of nitrogens with zero attached hydrogens (tertiary/aromatic N) is 4. The minimum Gasteiger partial charge on any atom is -0.457 e. The number of hydrogen-bond acceptors (Lipinski definition) is 6. The number of nitrogen functional groups attached to an aromatic ring is 1. The number of nitrogens with two attached hydrogens (primary N) is 1. The van der Waals surface area contributed by atoms with Gasteiger partial charge in [0.1, 0.15) is 17.0 Å². The molecule has 0 saturated carbocycles. The van der Waals surface area contributed by atoms with Gasteiger partial charge in [0.15, 0.2) is 5.82 Å². The number of likely N-dealkylation sites (tertiary alicyclic amines) is 1. The molecule has 0 unspecified atom stereocenters. The van der Waals surface area contributed by atoms with Gasteiger partial charge in [-0.05, 0) is 56.8 Å². The number of aromatic nitrogens is 3. The average Bonchev–Trinajstić information content (AvgIpc) is 3.34. The molecule has 1 fully saturated rings. The van der Waals surface area contributed by atoms with Crippen LogP contribution in [0.2, 0.25) is 0 Å². The van der Waals surface area contributed by atoms with E-state index in [1.54, 1.807) is 6.08 Å². The normalized spacial score (nSPS) is 16.0. The third-order valence-corrected chi connectivity index (χ3v) is 6.76. The van der Waals surface area contributed by atoms with Gasteiger partial charge in [-0.1, -0.05) is 36.4 Å². The summed E-state index contributed by atoms with van der Waals surface area (Å²) >= 11 is 0. The number of likely N-dealkylation sites (N-methyl/N-ethyl adjacent to an activating group) is 1. The maximum Gasteiger partial charge on any atom is 0.288 e. The molecule has 1 saturated heterocycles. The number of carbonyl (C=O) groups is 1. The Balaban J connectivity index is 1.46. The molecule has 9 nitrogen and oxygen atoms in total. The molecule has 196 valence electrons. The van der Waals surface area contributed by atoms with E-state index < -0.39 is 0 Å². The number of amides is 1. The van der Waals surface area contributed by atoms with E-state index in [0.29, 0.717) is 36.3 Å². The molecule has 4 aromatic rings. The number of hydrogen-bond donors (Lipinski definition) is 2. The van der Waals surface area contributed by atoms with Gasteiger partial charge in [0.2, 0.25) is 5.91 Å². The molecule has 1 aliphatic rings. The topological polar surface area (TPSA) is 109 Å². The molecule has 0 bridgehead atoms. The number of rotatable bonds is 7. The molecule has 1 amide bonds. The minimum atomic E-state index is -0.307. The van der Waals surface area contributed by atoms with Gasteiger partial charge >= 0.3 is 0 Å². The van der Waals surface area contributed by atoms with Gasteiger partial charge in [0, 0.05) is 37.5 Å². The van der Waals surface area contributed by atoms with Crippen molar-refractivity contribution in [2.75, 3.05) is 39.5 Å². The van der Waals surface area contributed by atoms with Crippen LogP contribution < -0.4 is 16.0 Å². The highest BCUT2D eigenvalue weighted by Crippen LogP contribution is 2.36. The Morgan fingerprint density at radius 3 is 2.63 bits per heavy atom. The molecule has 0 aliphatic carbocycles. The standard InChI is InChI=1S/C29H32N6O3/c1-33(2)16-7-11-25(36)34-17-6-8-21(18-34)35-19-24(26-27(35)29(37)32-31-28(26)30)20-12-14-23(15-13-20)38-22-9-4-3-5-10-22/h3-5,7,9-15,19,21H,6,8,16-18H2,1-2H3,(H2,30,31)(H,32,37)/b11-7+/t21-/m1/s1. The first-order chi connectivity index (χ1) is 18.4. The summed E-state index contributed by atoms with van der Waals surface area (Å²) in [7, 11) is 3.92. The zero-order chi connectivity index (χ0) is 26.6. The predicted octanol–water partition coefficient (Wildman–Crippen LogP) is 4.05. The predicted molar refractivity (Wildman–Crippen MR) is 149 cm³/mol. The van der Waals surface area contributed by atoms with E-state index in [0.717, 1.165) is 29.7 Å². The highest BCUT2D eigenvalue weighted by Gasteiger charge is 2.27. The summed E-state index contributed by atoms with van der Waals surface area (Å²) in [5.74, 6) is 1.70. The molecule has 1 aliphatic heterocycles. The lowest BCUT2D eigenvalue weighted by Crippen LogP contribution is -2.40. The van der Waals surface area contributed by atoms with Gasteiger partial charge in [-0.15, -0.1) is 0 Å². The molecule has 0 spiro atoms. The zero-order valence-electron chi connectivity index (χ0n) is 21.6. The summed E-state index contributed by atoms with van der Waals surface area (Å²) in [5.41, 5.74) is 8.17. The van der Waals surface area contributed by atoms with Gasteiger partial charge < -0.3 is 24.8 Å². The lowest BCUT2D eigenvalue weighted by molar-refractivity contribution is -0.127. The van der Waals surface area contributed by atoms with E-state index in [4.69, 9.17) is 10.5 Å². The number of anilines is 1. The summed E-state index contributed by atoms with van der Waals surface area (Å²) in [6.07, 6.45) is 7.16.